The number of aromatic nitrogens is 2. The Labute approximate surface area is 111 Å². The summed E-state index contributed by atoms with van der Waals surface area (Å²) in [5.74, 6) is 0.589. The molecule has 0 bridgehead atoms. The molecule has 0 unspecified atom stereocenters. The number of carbonyl (C=O) groups is 1. The molecule has 0 aliphatic carbocycles. The lowest BCUT2D eigenvalue weighted by Gasteiger charge is -2.28. The van der Waals surface area contributed by atoms with E-state index in [2.05, 4.69) is 22.5 Å². The van der Waals surface area contributed by atoms with E-state index in [4.69, 9.17) is 0 Å². The average molecular weight is 256 g/mol. The van der Waals surface area contributed by atoms with Crippen LogP contribution in [-0.2, 0) is 20.0 Å². The van der Waals surface area contributed by atoms with Crippen molar-refractivity contribution in [3.8, 4) is 0 Å². The fourth-order valence-corrected chi connectivity index (χ4v) is 2.34. The minimum Gasteiger partial charge on any atom is -0.320 e. The molecule has 98 valence electrons. The van der Waals surface area contributed by atoms with Gasteiger partial charge in [-0.3, -0.25) is 10.00 Å². The molecule has 3 rings (SSSR count). The van der Waals surface area contributed by atoms with Crippen LogP contribution in [0.4, 0.5) is 10.6 Å². The van der Waals surface area contributed by atoms with E-state index in [1.807, 2.05) is 24.1 Å². The van der Waals surface area contributed by atoms with Crippen LogP contribution < -0.4 is 5.32 Å². The zero-order valence-electron chi connectivity index (χ0n) is 10.8. The summed E-state index contributed by atoms with van der Waals surface area (Å²) < 4.78 is 1.67. The minimum atomic E-state index is -0.0896. The van der Waals surface area contributed by atoms with Crippen LogP contribution in [0.15, 0.2) is 36.5 Å². The van der Waals surface area contributed by atoms with Gasteiger partial charge >= 0.3 is 6.03 Å². The first-order chi connectivity index (χ1) is 9.22. The second-order valence-electron chi connectivity index (χ2n) is 4.75. The first kappa shape index (κ1) is 11.8. The number of benzene rings is 1. The zero-order valence-corrected chi connectivity index (χ0v) is 10.8. The number of anilines is 1. The van der Waals surface area contributed by atoms with Gasteiger partial charge < -0.3 is 4.90 Å². The number of hydrogen-bond donors (Lipinski definition) is 1. The highest BCUT2D eigenvalue weighted by molar-refractivity contribution is 5.88. The highest BCUT2D eigenvalue weighted by Crippen LogP contribution is 2.19. The molecule has 5 nitrogen and oxygen atoms in total. The van der Waals surface area contributed by atoms with Gasteiger partial charge in [-0.2, -0.15) is 5.10 Å². The van der Waals surface area contributed by atoms with Gasteiger partial charge in [-0.05, 0) is 17.5 Å². The summed E-state index contributed by atoms with van der Waals surface area (Å²) >= 11 is 0. The zero-order chi connectivity index (χ0) is 13.2. The lowest BCUT2D eigenvalue weighted by atomic mass is 10.0. The van der Waals surface area contributed by atoms with Crippen LogP contribution >= 0.6 is 0 Å². The van der Waals surface area contributed by atoms with E-state index in [-0.39, 0.29) is 6.03 Å². The van der Waals surface area contributed by atoms with Crippen molar-refractivity contribution in [2.24, 2.45) is 7.05 Å². The number of hydrogen-bond acceptors (Lipinski definition) is 2. The van der Waals surface area contributed by atoms with E-state index in [0.29, 0.717) is 12.4 Å². The molecule has 1 aromatic carbocycles. The lowest BCUT2D eigenvalue weighted by molar-refractivity contribution is 0.206. The number of fused-ring (bicyclic) bond motifs is 1. The Morgan fingerprint density at radius 3 is 2.79 bits per heavy atom. The monoisotopic (exact) mass is 256 g/mol. The van der Waals surface area contributed by atoms with Crippen molar-refractivity contribution in [3.05, 3.63) is 47.7 Å². The topological polar surface area (TPSA) is 50.2 Å². The minimum absolute atomic E-state index is 0.0896. The van der Waals surface area contributed by atoms with Crippen LogP contribution in [0.3, 0.4) is 0 Å². The van der Waals surface area contributed by atoms with Gasteiger partial charge in [0.05, 0.1) is 0 Å². The average Bonchev–Trinajstić information content (AvgIpc) is 2.83. The van der Waals surface area contributed by atoms with Crippen LogP contribution in [-0.4, -0.2) is 27.3 Å². The van der Waals surface area contributed by atoms with Gasteiger partial charge in [-0.1, -0.05) is 24.3 Å². The maximum Gasteiger partial charge on any atom is 0.323 e. The fourth-order valence-electron chi connectivity index (χ4n) is 2.34. The maximum atomic E-state index is 12.2. The Hall–Kier alpha value is -2.30. The van der Waals surface area contributed by atoms with E-state index >= 15 is 0 Å². The normalized spacial score (nSPS) is 14.1. The highest BCUT2D eigenvalue weighted by Gasteiger charge is 2.20. The molecule has 1 N–H and O–H groups in total. The van der Waals surface area contributed by atoms with Crippen LogP contribution in [0.5, 0.6) is 0 Å². The van der Waals surface area contributed by atoms with Crippen molar-refractivity contribution >= 4 is 11.8 Å². The first-order valence-corrected chi connectivity index (χ1v) is 6.35. The molecule has 0 radical (unpaired) electrons. The summed E-state index contributed by atoms with van der Waals surface area (Å²) in [5.41, 5.74) is 2.56. The molecule has 0 spiro atoms. The molecule has 1 aliphatic rings. The van der Waals surface area contributed by atoms with E-state index in [0.717, 1.165) is 13.0 Å². The van der Waals surface area contributed by atoms with Crippen LogP contribution in [0.1, 0.15) is 11.1 Å². The number of rotatable bonds is 1. The van der Waals surface area contributed by atoms with Crippen molar-refractivity contribution < 1.29 is 4.79 Å². The second-order valence-corrected chi connectivity index (χ2v) is 4.75. The van der Waals surface area contributed by atoms with Crippen LogP contribution in [0.25, 0.3) is 0 Å². The van der Waals surface area contributed by atoms with Gasteiger partial charge in [0.2, 0.25) is 0 Å². The van der Waals surface area contributed by atoms with Gasteiger partial charge in [0, 0.05) is 32.4 Å². The predicted octanol–water partition coefficient (Wildman–Crippen LogP) is 2.01. The van der Waals surface area contributed by atoms with Crippen molar-refractivity contribution in [3.63, 3.8) is 0 Å². The molecular weight excluding hydrogens is 240 g/mol. The third kappa shape index (κ3) is 2.45. The molecule has 19 heavy (non-hydrogen) atoms. The maximum absolute atomic E-state index is 12.2. The van der Waals surface area contributed by atoms with Gasteiger partial charge in [0.25, 0.3) is 0 Å². The summed E-state index contributed by atoms with van der Waals surface area (Å²) in [7, 11) is 1.83. The summed E-state index contributed by atoms with van der Waals surface area (Å²) in [4.78, 5) is 14.0. The number of aryl methyl sites for hydroxylation is 1. The molecule has 1 aromatic heterocycles. The third-order valence-electron chi connectivity index (χ3n) is 3.37. The summed E-state index contributed by atoms with van der Waals surface area (Å²) in [6.45, 7) is 1.41. The van der Waals surface area contributed by atoms with E-state index in [1.165, 1.54) is 11.1 Å². The van der Waals surface area contributed by atoms with Crippen LogP contribution in [0.2, 0.25) is 0 Å². The largest absolute Gasteiger partial charge is 0.323 e. The Balaban J connectivity index is 1.69. The molecule has 2 amide bonds. The molecule has 0 saturated carbocycles. The van der Waals surface area contributed by atoms with Gasteiger partial charge in [-0.15, -0.1) is 0 Å². The van der Waals surface area contributed by atoms with Crippen molar-refractivity contribution in [1.29, 1.82) is 0 Å². The van der Waals surface area contributed by atoms with Gasteiger partial charge in [-0.25, -0.2) is 4.79 Å². The lowest BCUT2D eigenvalue weighted by Crippen LogP contribution is -2.38. The fraction of sp³-hybridized carbons (Fsp3) is 0.286. The predicted molar refractivity (Wildman–Crippen MR) is 72.8 cm³/mol. The van der Waals surface area contributed by atoms with Crippen molar-refractivity contribution in [2.45, 2.75) is 13.0 Å². The van der Waals surface area contributed by atoms with Gasteiger partial charge in [0.15, 0.2) is 5.82 Å². The molecule has 1 aliphatic heterocycles. The number of amides is 2. The summed E-state index contributed by atoms with van der Waals surface area (Å²) in [5, 5.41) is 6.97. The molecule has 0 saturated heterocycles. The molecular formula is C14H16N4O. The Morgan fingerprint density at radius 1 is 1.26 bits per heavy atom. The summed E-state index contributed by atoms with van der Waals surface area (Å²) in [6, 6.07) is 9.96. The molecule has 2 heterocycles. The Kier molecular flexibility index (Phi) is 2.95. The van der Waals surface area contributed by atoms with E-state index in [9.17, 15) is 4.79 Å². The standard InChI is InChI=1S/C14H16N4O/c1-17-8-7-13(16-17)15-14(19)18-9-6-11-4-2-3-5-12(11)10-18/h2-5,7-8H,6,9-10H2,1H3,(H,15,16,19). The van der Waals surface area contributed by atoms with Crippen LogP contribution in [0, 0.1) is 0 Å². The van der Waals surface area contributed by atoms with Gasteiger partial charge in [0.1, 0.15) is 0 Å². The smallest absolute Gasteiger partial charge is 0.320 e. The second kappa shape index (κ2) is 4.76. The molecule has 2 aromatic rings. The highest BCUT2D eigenvalue weighted by atomic mass is 16.2. The Morgan fingerprint density at radius 2 is 2.05 bits per heavy atom. The van der Waals surface area contributed by atoms with E-state index < -0.39 is 0 Å². The van der Waals surface area contributed by atoms with Crippen molar-refractivity contribution in [1.82, 2.24) is 14.7 Å². The quantitative estimate of drug-likeness (QED) is 0.848. The Bertz CT molecular complexity index is 605. The third-order valence-corrected chi connectivity index (χ3v) is 3.37. The number of nitrogens with zero attached hydrogens (tertiary/aromatic N) is 3. The van der Waals surface area contributed by atoms with Crippen molar-refractivity contribution in [2.75, 3.05) is 11.9 Å². The van der Waals surface area contributed by atoms with E-state index in [1.54, 1.807) is 16.9 Å². The SMILES string of the molecule is Cn1ccc(NC(=O)N2CCc3ccccc3C2)n1. The summed E-state index contributed by atoms with van der Waals surface area (Å²) in [6.07, 6.45) is 2.72. The number of urea groups is 1. The number of carbonyl (C=O) groups excluding carboxylic acids is 1. The molecule has 5 heteroatoms. The molecule has 0 fully saturated rings. The first-order valence-electron chi connectivity index (χ1n) is 6.35. The number of nitrogens with one attached hydrogen (secondary N) is 1. The molecule has 0 atom stereocenters.